The summed E-state index contributed by atoms with van der Waals surface area (Å²) in [7, 11) is 0. The van der Waals surface area contributed by atoms with Crippen molar-refractivity contribution in [2.45, 2.75) is 78.2 Å². The van der Waals surface area contributed by atoms with Crippen molar-refractivity contribution in [3.05, 3.63) is 17.0 Å². The first-order valence-electron chi connectivity index (χ1n) is 9.80. The summed E-state index contributed by atoms with van der Waals surface area (Å²) >= 11 is 0. The lowest BCUT2D eigenvalue weighted by Crippen LogP contribution is -2.56. The van der Waals surface area contributed by atoms with Crippen LogP contribution in [0.1, 0.15) is 80.6 Å². The topological polar surface area (TPSA) is 55.1 Å². The summed E-state index contributed by atoms with van der Waals surface area (Å²) in [4.78, 5) is 13.0. The second kappa shape index (κ2) is 5.89. The molecule has 4 nitrogen and oxygen atoms in total. The average molecular weight is 330 g/mol. The molecule has 0 saturated heterocycles. The average Bonchev–Trinajstić information content (AvgIpc) is 2.91. The third-order valence-corrected chi connectivity index (χ3v) is 7.03. The van der Waals surface area contributed by atoms with Crippen LogP contribution in [0.25, 0.3) is 0 Å². The summed E-state index contributed by atoms with van der Waals surface area (Å²) in [6, 6.07) is 0.289. The fourth-order valence-electron chi connectivity index (χ4n) is 6.47. The Hall–Kier alpha value is -1.32. The van der Waals surface area contributed by atoms with Crippen LogP contribution in [0, 0.1) is 30.1 Å². The van der Waals surface area contributed by atoms with Gasteiger partial charge in [-0.2, -0.15) is 0 Å². The summed E-state index contributed by atoms with van der Waals surface area (Å²) in [6.07, 6.45) is 10.0. The Kier molecular flexibility index (Phi) is 3.97. The molecule has 0 aromatic carbocycles. The van der Waals surface area contributed by atoms with Gasteiger partial charge in [0, 0.05) is 6.04 Å². The molecule has 1 heterocycles. The highest BCUT2D eigenvalue weighted by atomic mass is 16.5. The van der Waals surface area contributed by atoms with Crippen molar-refractivity contribution in [3.8, 4) is 0 Å². The number of aryl methyl sites for hydroxylation is 2. The molecule has 1 N–H and O–H groups in total. The quantitative estimate of drug-likeness (QED) is 0.877. The Morgan fingerprint density at radius 2 is 1.79 bits per heavy atom. The number of hydrogen-bond donors (Lipinski definition) is 1. The maximum Gasteiger partial charge on any atom is 0.257 e. The molecule has 4 fully saturated rings. The molecule has 4 heteroatoms. The molecule has 4 aliphatic rings. The fraction of sp³-hybridized carbons (Fsp3) is 0.800. The molecule has 0 aliphatic heterocycles. The molecule has 0 spiro atoms. The number of hydrogen-bond acceptors (Lipinski definition) is 3. The van der Waals surface area contributed by atoms with Crippen LogP contribution in [0.3, 0.4) is 0 Å². The van der Waals surface area contributed by atoms with Crippen molar-refractivity contribution in [2.24, 2.45) is 23.2 Å². The zero-order chi connectivity index (χ0) is 16.9. The molecule has 132 valence electrons. The SMILES string of the molecule is CCc1noc(C)c1C(=O)N[C@H](CC)C12CC3CC(CC(C3)C1)C2. The third kappa shape index (κ3) is 2.49. The number of amides is 1. The first kappa shape index (κ1) is 16.2. The zero-order valence-corrected chi connectivity index (χ0v) is 15.2. The molecule has 4 aliphatic carbocycles. The van der Waals surface area contributed by atoms with E-state index in [0.29, 0.717) is 16.7 Å². The Bertz CT molecular complexity index is 598. The van der Waals surface area contributed by atoms with Crippen LogP contribution in [0.5, 0.6) is 0 Å². The van der Waals surface area contributed by atoms with Crippen molar-refractivity contribution in [1.82, 2.24) is 10.5 Å². The van der Waals surface area contributed by atoms with Crippen LogP contribution >= 0.6 is 0 Å². The lowest BCUT2D eigenvalue weighted by molar-refractivity contribution is -0.0727. The molecule has 0 unspecified atom stereocenters. The maximum atomic E-state index is 13.0. The minimum Gasteiger partial charge on any atom is -0.361 e. The lowest BCUT2D eigenvalue weighted by atomic mass is 9.47. The first-order valence-corrected chi connectivity index (χ1v) is 9.80. The molecule has 1 aromatic rings. The third-order valence-electron chi connectivity index (χ3n) is 7.03. The van der Waals surface area contributed by atoms with Gasteiger partial charge in [0.1, 0.15) is 11.3 Å². The van der Waals surface area contributed by atoms with Crippen molar-refractivity contribution < 1.29 is 9.32 Å². The molecule has 4 saturated carbocycles. The minimum atomic E-state index is 0.0215. The zero-order valence-electron chi connectivity index (χ0n) is 15.2. The highest BCUT2D eigenvalue weighted by Crippen LogP contribution is 2.61. The molecule has 4 bridgehead atoms. The van der Waals surface area contributed by atoms with Crippen molar-refractivity contribution in [3.63, 3.8) is 0 Å². The van der Waals surface area contributed by atoms with Gasteiger partial charge in [-0.3, -0.25) is 4.79 Å². The number of carbonyl (C=O) groups is 1. The van der Waals surface area contributed by atoms with Gasteiger partial charge in [0.2, 0.25) is 0 Å². The number of rotatable bonds is 5. The highest BCUT2D eigenvalue weighted by molar-refractivity contribution is 5.96. The lowest BCUT2D eigenvalue weighted by Gasteiger charge is -2.59. The summed E-state index contributed by atoms with van der Waals surface area (Å²) < 4.78 is 5.26. The number of aromatic nitrogens is 1. The second-order valence-corrected chi connectivity index (χ2v) is 8.63. The van der Waals surface area contributed by atoms with Gasteiger partial charge in [0.25, 0.3) is 5.91 Å². The Morgan fingerprint density at radius 3 is 2.29 bits per heavy atom. The summed E-state index contributed by atoms with van der Waals surface area (Å²) in [5.74, 6) is 3.39. The summed E-state index contributed by atoms with van der Waals surface area (Å²) in [5, 5.41) is 7.45. The smallest absolute Gasteiger partial charge is 0.257 e. The van der Waals surface area contributed by atoms with Gasteiger partial charge in [-0.1, -0.05) is 19.0 Å². The maximum absolute atomic E-state index is 13.0. The van der Waals surface area contributed by atoms with E-state index in [1.807, 2.05) is 13.8 Å². The predicted molar refractivity (Wildman–Crippen MR) is 92.8 cm³/mol. The second-order valence-electron chi connectivity index (χ2n) is 8.63. The molecule has 24 heavy (non-hydrogen) atoms. The molecule has 1 atom stereocenters. The number of nitrogens with one attached hydrogen (secondary N) is 1. The van der Waals surface area contributed by atoms with Gasteiger partial charge < -0.3 is 9.84 Å². The molecular formula is C20H30N2O2. The molecule has 1 amide bonds. The highest BCUT2D eigenvalue weighted by Gasteiger charge is 2.54. The van der Waals surface area contributed by atoms with E-state index in [1.54, 1.807) is 0 Å². The van der Waals surface area contributed by atoms with E-state index >= 15 is 0 Å². The Morgan fingerprint density at radius 1 is 1.21 bits per heavy atom. The molecule has 0 radical (unpaired) electrons. The summed E-state index contributed by atoms with van der Waals surface area (Å²) in [5.41, 5.74) is 1.79. The molecule has 1 aromatic heterocycles. The van der Waals surface area contributed by atoms with Gasteiger partial charge >= 0.3 is 0 Å². The number of nitrogens with zero attached hydrogens (tertiary/aromatic N) is 1. The van der Waals surface area contributed by atoms with Gasteiger partial charge in [-0.25, -0.2) is 0 Å². The molecule has 5 rings (SSSR count). The largest absolute Gasteiger partial charge is 0.361 e. The van der Waals surface area contributed by atoms with Crippen LogP contribution in [-0.2, 0) is 6.42 Å². The Labute approximate surface area is 144 Å². The minimum absolute atomic E-state index is 0.0215. The van der Waals surface area contributed by atoms with E-state index in [-0.39, 0.29) is 11.9 Å². The van der Waals surface area contributed by atoms with Gasteiger partial charge in [-0.05, 0) is 81.5 Å². The van der Waals surface area contributed by atoms with Crippen LogP contribution < -0.4 is 5.32 Å². The van der Waals surface area contributed by atoms with Gasteiger partial charge in [-0.15, -0.1) is 0 Å². The monoisotopic (exact) mass is 330 g/mol. The van der Waals surface area contributed by atoms with Gasteiger partial charge in [0.05, 0.1) is 5.69 Å². The van der Waals surface area contributed by atoms with Crippen molar-refractivity contribution in [1.29, 1.82) is 0 Å². The van der Waals surface area contributed by atoms with Crippen molar-refractivity contribution in [2.75, 3.05) is 0 Å². The van der Waals surface area contributed by atoms with Crippen molar-refractivity contribution >= 4 is 5.91 Å². The van der Waals surface area contributed by atoms with E-state index in [1.165, 1.54) is 38.5 Å². The standard InChI is InChI=1S/C20H30N2O2/c1-4-16-18(12(3)24-22-16)19(23)21-17(5-2)20-9-13-6-14(10-20)8-15(7-13)11-20/h13-15,17H,4-11H2,1-3H3,(H,21,23)/t13?,14?,15?,17-,20?/m1/s1. The predicted octanol–water partition coefficient (Wildman–Crippen LogP) is 4.27. The van der Waals surface area contributed by atoms with E-state index in [2.05, 4.69) is 17.4 Å². The van der Waals surface area contributed by atoms with Crippen LogP contribution in [0.15, 0.2) is 4.52 Å². The van der Waals surface area contributed by atoms with Gasteiger partial charge in [0.15, 0.2) is 0 Å². The van der Waals surface area contributed by atoms with Crippen LogP contribution in [0.2, 0.25) is 0 Å². The normalized spacial score (nSPS) is 35.2. The van der Waals surface area contributed by atoms with E-state index < -0.39 is 0 Å². The Balaban J connectivity index is 1.56. The first-order chi connectivity index (χ1) is 11.5. The molecular weight excluding hydrogens is 300 g/mol. The fourth-order valence-corrected chi connectivity index (χ4v) is 6.47. The van der Waals surface area contributed by atoms with Crippen LogP contribution in [-0.4, -0.2) is 17.1 Å². The van der Waals surface area contributed by atoms with E-state index in [0.717, 1.165) is 36.3 Å². The van der Waals surface area contributed by atoms with E-state index in [4.69, 9.17) is 4.52 Å². The van der Waals surface area contributed by atoms with E-state index in [9.17, 15) is 4.79 Å². The van der Waals surface area contributed by atoms with Crippen LogP contribution in [0.4, 0.5) is 0 Å². The summed E-state index contributed by atoms with van der Waals surface area (Å²) in [6.45, 7) is 6.09. The number of carbonyl (C=O) groups excluding carboxylic acids is 1.